The van der Waals surface area contributed by atoms with Crippen molar-refractivity contribution in [3.8, 4) is 0 Å². The van der Waals surface area contributed by atoms with Crippen molar-refractivity contribution in [2.24, 2.45) is 0 Å². The second-order valence-electron chi connectivity index (χ2n) is 24.5. The van der Waals surface area contributed by atoms with Gasteiger partial charge in [-0.1, -0.05) is 300 Å². The second kappa shape index (κ2) is 68.7. The number of nitrogens with zero attached hydrogens (tertiary/aromatic N) is 1. The molecule has 0 aliphatic carbocycles. The van der Waals surface area contributed by atoms with Crippen LogP contribution >= 0.6 is 7.82 Å². The molecule has 0 fully saturated rings. The highest BCUT2D eigenvalue weighted by atomic mass is 31.2. The Morgan fingerprint density at radius 1 is 0.344 bits per heavy atom. The maximum atomic E-state index is 12.9. The normalized spacial score (nSPS) is 14.2. The van der Waals surface area contributed by atoms with Crippen molar-refractivity contribution in [3.05, 3.63) is 170 Å². The Balaban J connectivity index is 4.11. The van der Waals surface area contributed by atoms with Gasteiger partial charge in [-0.15, -0.1) is 0 Å². The number of hydrogen-bond donors (Lipinski definition) is 1. The number of phosphoric acid groups is 1. The number of allylic oxidation sites excluding steroid dienone is 28. The Labute approximate surface area is 553 Å². The molecule has 2 unspecified atom stereocenters. The number of quaternary nitrogens is 1. The van der Waals surface area contributed by atoms with E-state index in [1.807, 2.05) is 21.1 Å². The Morgan fingerprint density at radius 2 is 0.600 bits per heavy atom. The van der Waals surface area contributed by atoms with E-state index >= 15 is 0 Å². The largest absolute Gasteiger partial charge is 0.472 e. The third-order valence-electron chi connectivity index (χ3n) is 14.7. The van der Waals surface area contributed by atoms with Crippen molar-refractivity contribution in [1.29, 1.82) is 0 Å². The molecule has 0 aromatic heterocycles. The van der Waals surface area contributed by atoms with Gasteiger partial charge in [-0.2, -0.15) is 0 Å². The molecule has 0 aliphatic rings. The molecule has 1 N–H and O–H groups in total. The van der Waals surface area contributed by atoms with Crippen LogP contribution in [0.5, 0.6) is 0 Å². The first-order chi connectivity index (χ1) is 44.0. The fourth-order valence-corrected chi connectivity index (χ4v) is 10.1. The van der Waals surface area contributed by atoms with Crippen LogP contribution in [-0.2, 0) is 32.7 Å². The first-order valence-corrected chi connectivity index (χ1v) is 37.4. The summed E-state index contributed by atoms with van der Waals surface area (Å²) >= 11 is 0. The zero-order chi connectivity index (χ0) is 65.5. The number of rotatable bonds is 64. The minimum Gasteiger partial charge on any atom is -0.462 e. The van der Waals surface area contributed by atoms with Gasteiger partial charge in [0.15, 0.2) is 6.10 Å². The molecule has 2 atom stereocenters. The van der Waals surface area contributed by atoms with E-state index in [0.717, 1.165) is 148 Å². The number of hydrogen-bond acceptors (Lipinski definition) is 7. The van der Waals surface area contributed by atoms with Crippen LogP contribution < -0.4 is 0 Å². The maximum Gasteiger partial charge on any atom is 0.472 e. The standard InChI is InChI=1S/C80H132NO8P/c1-6-8-10-12-14-16-18-20-22-24-26-28-30-32-34-36-38-39-40-41-43-44-46-48-50-52-54-56-58-60-62-64-66-68-70-72-79(82)86-76-78(77-88-90(84,85)87-75-74-81(3,4)5)89-80(83)73-71-69-67-65-63-61-59-57-55-53-51-49-47-45-42-37-35-33-31-29-27-25-23-21-19-17-15-13-11-9-7-2/h8-11,14-17,20-23,26-29,32-35,38-39,42,45,49,51,55,57,78H,6-7,12-13,18-19,24-25,30-31,36-37,40-41,43-44,46-48,50,52-54,56,58-77H2,1-5H3/p+1/b10-8-,11-9-,16-14-,17-15-,22-20-,23-21-,28-26-,29-27-,34-32-,35-33-,39-38-,45-42-,51-49-,57-55-. The van der Waals surface area contributed by atoms with Gasteiger partial charge in [0.1, 0.15) is 19.8 Å². The minimum atomic E-state index is -4.41. The van der Waals surface area contributed by atoms with Gasteiger partial charge in [0.05, 0.1) is 27.7 Å². The molecule has 90 heavy (non-hydrogen) atoms. The lowest BCUT2D eigenvalue weighted by Gasteiger charge is -2.24. The highest BCUT2D eigenvalue weighted by Crippen LogP contribution is 2.43. The number of carbonyl (C=O) groups excluding carboxylic acids is 2. The van der Waals surface area contributed by atoms with E-state index in [2.05, 4.69) is 184 Å². The molecule has 0 saturated heterocycles. The topological polar surface area (TPSA) is 108 Å². The Hall–Kier alpha value is -4.63. The van der Waals surface area contributed by atoms with Crippen molar-refractivity contribution in [2.75, 3.05) is 47.5 Å². The first kappa shape index (κ1) is 85.4. The van der Waals surface area contributed by atoms with Crippen LogP contribution in [0, 0.1) is 0 Å². The summed E-state index contributed by atoms with van der Waals surface area (Å²) < 4.78 is 34.7. The van der Waals surface area contributed by atoms with E-state index in [1.165, 1.54) is 89.9 Å². The van der Waals surface area contributed by atoms with E-state index in [-0.39, 0.29) is 32.0 Å². The summed E-state index contributed by atoms with van der Waals surface area (Å²) in [6, 6.07) is 0. The van der Waals surface area contributed by atoms with Crippen molar-refractivity contribution in [3.63, 3.8) is 0 Å². The number of carbonyl (C=O) groups is 2. The molecule has 0 saturated carbocycles. The number of ether oxygens (including phenoxy) is 2. The highest BCUT2D eigenvalue weighted by Gasteiger charge is 2.27. The summed E-state index contributed by atoms with van der Waals surface area (Å²) in [5.74, 6) is -0.820. The van der Waals surface area contributed by atoms with Gasteiger partial charge in [-0.25, -0.2) is 4.57 Å². The van der Waals surface area contributed by atoms with E-state index in [9.17, 15) is 19.0 Å². The van der Waals surface area contributed by atoms with E-state index < -0.39 is 26.5 Å². The molecule has 0 spiro atoms. The minimum absolute atomic E-state index is 0.0205. The smallest absolute Gasteiger partial charge is 0.462 e. The summed E-state index contributed by atoms with van der Waals surface area (Å²) in [6.45, 7) is 4.18. The zero-order valence-electron chi connectivity index (χ0n) is 58.1. The number of unbranched alkanes of at least 4 members (excludes halogenated alkanes) is 22. The van der Waals surface area contributed by atoms with Gasteiger partial charge < -0.3 is 18.9 Å². The van der Waals surface area contributed by atoms with Gasteiger partial charge in [-0.3, -0.25) is 18.6 Å². The molecule has 0 rings (SSSR count). The average Bonchev–Trinajstić information content (AvgIpc) is 3.58. The lowest BCUT2D eigenvalue weighted by molar-refractivity contribution is -0.870. The molecule has 0 aromatic carbocycles. The summed E-state index contributed by atoms with van der Waals surface area (Å²) in [5.41, 5.74) is 0. The fraction of sp³-hybridized carbons (Fsp3) is 0.625. The van der Waals surface area contributed by atoms with Crippen molar-refractivity contribution in [1.82, 2.24) is 0 Å². The first-order valence-electron chi connectivity index (χ1n) is 35.9. The Morgan fingerprint density at radius 3 is 0.889 bits per heavy atom. The van der Waals surface area contributed by atoms with Crippen LogP contribution in [0.25, 0.3) is 0 Å². The third-order valence-corrected chi connectivity index (χ3v) is 15.7. The average molecular weight is 1270 g/mol. The zero-order valence-corrected chi connectivity index (χ0v) is 58.9. The molecule has 0 aromatic rings. The predicted octanol–water partition coefficient (Wildman–Crippen LogP) is 23.7. The fourth-order valence-electron chi connectivity index (χ4n) is 9.33. The number of likely N-dealkylation sites (N-methyl/N-ethyl adjacent to an activating group) is 1. The summed E-state index contributed by atoms with van der Waals surface area (Å²) in [7, 11) is 1.45. The van der Waals surface area contributed by atoms with Gasteiger partial charge in [0, 0.05) is 12.8 Å². The van der Waals surface area contributed by atoms with E-state index in [4.69, 9.17) is 18.5 Å². The summed E-state index contributed by atoms with van der Waals surface area (Å²) in [5, 5.41) is 0. The van der Waals surface area contributed by atoms with Gasteiger partial charge in [-0.05, 0) is 128 Å². The molecule has 0 bridgehead atoms. The van der Waals surface area contributed by atoms with E-state index in [0.29, 0.717) is 17.4 Å². The van der Waals surface area contributed by atoms with Crippen LogP contribution in [0.2, 0.25) is 0 Å². The van der Waals surface area contributed by atoms with Gasteiger partial charge >= 0.3 is 19.8 Å². The van der Waals surface area contributed by atoms with Gasteiger partial charge in [0.2, 0.25) is 0 Å². The monoisotopic (exact) mass is 1270 g/mol. The van der Waals surface area contributed by atoms with Crippen LogP contribution in [0.3, 0.4) is 0 Å². The lowest BCUT2D eigenvalue weighted by atomic mass is 10.0. The lowest BCUT2D eigenvalue weighted by Crippen LogP contribution is -2.37. The molecule has 0 radical (unpaired) electrons. The van der Waals surface area contributed by atoms with Gasteiger partial charge in [0.25, 0.3) is 0 Å². The molecular formula is C80H133NO8P+. The van der Waals surface area contributed by atoms with Crippen molar-refractivity contribution in [2.45, 2.75) is 277 Å². The number of phosphoric ester groups is 1. The van der Waals surface area contributed by atoms with Crippen molar-refractivity contribution >= 4 is 19.8 Å². The molecule has 9 nitrogen and oxygen atoms in total. The molecule has 0 aliphatic heterocycles. The second-order valence-corrected chi connectivity index (χ2v) is 26.0. The predicted molar refractivity (Wildman–Crippen MR) is 389 cm³/mol. The third kappa shape index (κ3) is 72.4. The molecule has 510 valence electrons. The Kier molecular flexibility index (Phi) is 65.2. The van der Waals surface area contributed by atoms with Crippen LogP contribution in [0.15, 0.2) is 170 Å². The summed E-state index contributed by atoms with van der Waals surface area (Å²) in [4.78, 5) is 35.9. The van der Waals surface area contributed by atoms with Crippen LogP contribution in [0.4, 0.5) is 0 Å². The molecule has 10 heteroatoms. The quantitative estimate of drug-likeness (QED) is 0.0211. The SMILES string of the molecule is CC/C=C\C/C=C\C/C=C\C/C=C\C/C=C\C/C=C\C/C=C\C/C=C\CCCCCCCCC(=O)OC(COC(=O)CCCCCCCCCCCCCCCCCC/C=C\C/C=C\C/C=C\C/C=C\C/C=C\C/C=C\CC)COP(=O)(O)OCC[N+](C)(C)C. The highest BCUT2D eigenvalue weighted by molar-refractivity contribution is 7.47. The molecular weight excluding hydrogens is 1130 g/mol. The van der Waals surface area contributed by atoms with Crippen LogP contribution in [0.1, 0.15) is 271 Å². The van der Waals surface area contributed by atoms with E-state index in [1.54, 1.807) is 0 Å². The van der Waals surface area contributed by atoms with Crippen LogP contribution in [-0.4, -0.2) is 74.9 Å². The summed E-state index contributed by atoms with van der Waals surface area (Å²) in [6.07, 6.45) is 105. The number of esters is 2. The maximum absolute atomic E-state index is 12.9. The molecule has 0 heterocycles. The Bertz CT molecular complexity index is 2130. The molecule has 0 amide bonds. The van der Waals surface area contributed by atoms with Crippen molar-refractivity contribution < 1.29 is 42.1 Å².